The van der Waals surface area contributed by atoms with Crippen LogP contribution < -0.4 is 4.90 Å². The molecular weight excluding hydrogens is 733 g/mol. The van der Waals surface area contributed by atoms with Crippen LogP contribution in [0.25, 0.3) is 89.1 Å². The molecular formula is C55H36N4O. The molecule has 0 saturated heterocycles. The molecule has 5 heteroatoms. The van der Waals surface area contributed by atoms with Gasteiger partial charge in [-0.25, -0.2) is 15.0 Å². The number of nitrogens with zero attached hydrogens (tertiary/aromatic N) is 4. The third kappa shape index (κ3) is 6.45. The van der Waals surface area contributed by atoms with Crippen molar-refractivity contribution in [2.24, 2.45) is 0 Å². The summed E-state index contributed by atoms with van der Waals surface area (Å²) in [7, 11) is 0. The first-order chi connectivity index (χ1) is 29.7. The lowest BCUT2D eigenvalue weighted by molar-refractivity contribution is 0.669. The van der Waals surface area contributed by atoms with Gasteiger partial charge in [0.2, 0.25) is 0 Å². The Morgan fingerprint density at radius 2 is 0.800 bits per heavy atom. The molecule has 0 amide bonds. The average molecular weight is 769 g/mol. The van der Waals surface area contributed by atoms with E-state index in [1.54, 1.807) is 0 Å². The molecule has 0 saturated carbocycles. The second-order valence-electron chi connectivity index (χ2n) is 14.8. The molecule has 0 aliphatic carbocycles. The molecule has 0 atom stereocenters. The molecule has 11 aromatic rings. The zero-order chi connectivity index (χ0) is 39.8. The molecule has 0 aliphatic heterocycles. The van der Waals surface area contributed by atoms with Gasteiger partial charge in [0.1, 0.15) is 11.2 Å². The Kier molecular flexibility index (Phi) is 8.75. The van der Waals surface area contributed by atoms with Crippen molar-refractivity contribution >= 4 is 49.8 Å². The second-order valence-corrected chi connectivity index (χ2v) is 14.8. The van der Waals surface area contributed by atoms with E-state index in [4.69, 9.17) is 19.4 Å². The monoisotopic (exact) mass is 768 g/mol. The van der Waals surface area contributed by atoms with E-state index in [1.165, 1.54) is 11.1 Å². The number of aromatic nitrogens is 3. The minimum atomic E-state index is 0.586. The lowest BCUT2D eigenvalue weighted by atomic mass is 10.0. The van der Waals surface area contributed by atoms with Gasteiger partial charge in [-0.05, 0) is 75.5 Å². The van der Waals surface area contributed by atoms with E-state index < -0.39 is 0 Å². The summed E-state index contributed by atoms with van der Waals surface area (Å²) in [5.41, 5.74) is 12.0. The minimum absolute atomic E-state index is 0.586. The summed E-state index contributed by atoms with van der Waals surface area (Å²) in [5, 5.41) is 4.16. The quantitative estimate of drug-likeness (QED) is 0.154. The van der Waals surface area contributed by atoms with E-state index in [0.29, 0.717) is 17.5 Å². The lowest BCUT2D eigenvalue weighted by Crippen LogP contribution is -2.09. The molecule has 0 aliphatic rings. The van der Waals surface area contributed by atoms with E-state index in [0.717, 1.165) is 77.6 Å². The third-order valence-electron chi connectivity index (χ3n) is 11.1. The van der Waals surface area contributed by atoms with Crippen LogP contribution >= 0.6 is 0 Å². The summed E-state index contributed by atoms with van der Waals surface area (Å²) in [6.07, 6.45) is 0. The molecule has 0 fully saturated rings. The number of benzene rings is 9. The highest BCUT2D eigenvalue weighted by Gasteiger charge is 2.21. The Labute approximate surface area is 347 Å². The van der Waals surface area contributed by atoms with Crippen molar-refractivity contribution in [1.82, 2.24) is 15.0 Å². The lowest BCUT2D eigenvalue weighted by Gasteiger charge is -2.26. The van der Waals surface area contributed by atoms with Crippen LogP contribution in [0.2, 0.25) is 0 Å². The van der Waals surface area contributed by atoms with E-state index >= 15 is 0 Å². The summed E-state index contributed by atoms with van der Waals surface area (Å²) >= 11 is 0. The first-order valence-corrected chi connectivity index (χ1v) is 20.1. The molecule has 0 N–H and O–H groups in total. The van der Waals surface area contributed by atoms with Crippen LogP contribution in [0.15, 0.2) is 223 Å². The van der Waals surface area contributed by atoms with Gasteiger partial charge >= 0.3 is 0 Å². The van der Waals surface area contributed by atoms with Crippen LogP contribution in [0.4, 0.5) is 17.1 Å². The first kappa shape index (κ1) is 35.0. The van der Waals surface area contributed by atoms with Gasteiger partial charge in [-0.15, -0.1) is 0 Å². The van der Waals surface area contributed by atoms with Crippen molar-refractivity contribution in [3.05, 3.63) is 218 Å². The Balaban J connectivity index is 1.05. The summed E-state index contributed by atoms with van der Waals surface area (Å²) in [6.45, 7) is 0. The molecule has 0 spiro atoms. The van der Waals surface area contributed by atoms with Crippen molar-refractivity contribution in [3.8, 4) is 56.4 Å². The first-order valence-electron chi connectivity index (χ1n) is 20.1. The predicted octanol–water partition coefficient (Wildman–Crippen LogP) is 14.7. The van der Waals surface area contributed by atoms with Gasteiger partial charge in [0.05, 0.1) is 0 Å². The number of fused-ring (bicyclic) bond motifs is 4. The molecule has 0 radical (unpaired) electrons. The second kappa shape index (κ2) is 15.0. The van der Waals surface area contributed by atoms with Crippen molar-refractivity contribution in [2.45, 2.75) is 0 Å². The highest BCUT2D eigenvalue weighted by Crippen LogP contribution is 2.42. The van der Waals surface area contributed by atoms with Crippen molar-refractivity contribution in [3.63, 3.8) is 0 Å². The molecule has 2 aromatic heterocycles. The van der Waals surface area contributed by atoms with Gasteiger partial charge in [0.25, 0.3) is 0 Å². The Morgan fingerprint density at radius 3 is 1.45 bits per heavy atom. The molecule has 0 bridgehead atoms. The van der Waals surface area contributed by atoms with Gasteiger partial charge in [0, 0.05) is 50.6 Å². The molecule has 282 valence electrons. The highest BCUT2D eigenvalue weighted by molar-refractivity contribution is 6.12. The molecule has 0 unspecified atom stereocenters. The summed E-state index contributed by atoms with van der Waals surface area (Å²) in [5.74, 6) is 1.82. The van der Waals surface area contributed by atoms with Gasteiger partial charge < -0.3 is 9.32 Å². The van der Waals surface area contributed by atoms with Crippen LogP contribution in [0.5, 0.6) is 0 Å². The molecule has 9 aromatic carbocycles. The van der Waals surface area contributed by atoms with Crippen molar-refractivity contribution in [1.29, 1.82) is 0 Å². The maximum absolute atomic E-state index is 6.72. The zero-order valence-corrected chi connectivity index (χ0v) is 32.5. The fourth-order valence-electron chi connectivity index (χ4n) is 8.21. The predicted molar refractivity (Wildman–Crippen MR) is 246 cm³/mol. The summed E-state index contributed by atoms with van der Waals surface area (Å²) < 4.78 is 6.72. The van der Waals surface area contributed by atoms with Crippen LogP contribution in [0, 0.1) is 0 Å². The SMILES string of the molecule is c1ccc(-c2ccc(N(c3ccc(-c4ccccc4)cc3)c3ccc4c(c3)oc3cccc(-c5nc(-c6ccccc6)nc(-c6cccc7ccccc67)n5)c34)cc2)cc1. The Bertz CT molecular complexity index is 3200. The fraction of sp³-hybridized carbons (Fsp3) is 0. The maximum Gasteiger partial charge on any atom is 0.164 e. The number of hydrogen-bond donors (Lipinski definition) is 0. The normalized spacial score (nSPS) is 11.3. The molecule has 11 rings (SSSR count). The van der Waals surface area contributed by atoms with Crippen molar-refractivity contribution in [2.75, 3.05) is 4.90 Å². The van der Waals surface area contributed by atoms with E-state index in [9.17, 15) is 0 Å². The average Bonchev–Trinajstić information content (AvgIpc) is 3.71. The topological polar surface area (TPSA) is 55.1 Å². The smallest absolute Gasteiger partial charge is 0.164 e. The van der Waals surface area contributed by atoms with Crippen LogP contribution in [0.1, 0.15) is 0 Å². The summed E-state index contributed by atoms with van der Waals surface area (Å²) in [6, 6.07) is 75.8. The standard InChI is InChI=1S/C55H36N4O/c1-4-14-37(15-5-1)39-26-30-43(31-27-39)59(44-32-28-40(29-33-44)38-16-6-2-7-17-38)45-34-35-48-51(36-45)60-50-25-13-24-49(52(48)50)55-57-53(42-19-8-3-9-20-42)56-54(58-55)47-23-12-21-41-18-10-11-22-46(41)47/h1-36H. The van der Waals surface area contributed by atoms with Crippen LogP contribution in [-0.2, 0) is 0 Å². The van der Waals surface area contributed by atoms with E-state index in [1.807, 2.05) is 54.6 Å². The Morgan fingerprint density at radius 1 is 0.317 bits per heavy atom. The van der Waals surface area contributed by atoms with Crippen LogP contribution in [-0.4, -0.2) is 15.0 Å². The van der Waals surface area contributed by atoms with Gasteiger partial charge in [-0.3, -0.25) is 0 Å². The maximum atomic E-state index is 6.72. The minimum Gasteiger partial charge on any atom is -0.456 e. The van der Waals surface area contributed by atoms with Gasteiger partial charge in [-0.2, -0.15) is 0 Å². The third-order valence-corrected chi connectivity index (χ3v) is 11.1. The zero-order valence-electron chi connectivity index (χ0n) is 32.5. The van der Waals surface area contributed by atoms with Crippen LogP contribution in [0.3, 0.4) is 0 Å². The van der Waals surface area contributed by atoms with Crippen molar-refractivity contribution < 1.29 is 4.42 Å². The molecule has 5 nitrogen and oxygen atoms in total. The molecule has 2 heterocycles. The van der Waals surface area contributed by atoms with Gasteiger partial charge in [-0.1, -0.05) is 170 Å². The Hall–Kier alpha value is -8.15. The largest absolute Gasteiger partial charge is 0.456 e. The molecule has 60 heavy (non-hydrogen) atoms. The number of hydrogen-bond acceptors (Lipinski definition) is 5. The number of furan rings is 1. The summed E-state index contributed by atoms with van der Waals surface area (Å²) in [4.78, 5) is 17.7. The highest BCUT2D eigenvalue weighted by atomic mass is 16.3. The fourth-order valence-corrected chi connectivity index (χ4v) is 8.21. The van der Waals surface area contributed by atoms with E-state index in [2.05, 4.69) is 169 Å². The number of rotatable bonds is 8. The van der Waals surface area contributed by atoms with Gasteiger partial charge in [0.15, 0.2) is 17.5 Å². The van der Waals surface area contributed by atoms with E-state index in [-0.39, 0.29) is 0 Å². The number of anilines is 3.